The zero-order chi connectivity index (χ0) is 24.6. The summed E-state index contributed by atoms with van der Waals surface area (Å²) in [5, 5.41) is 1.21. The first-order valence-corrected chi connectivity index (χ1v) is 12.3. The van der Waals surface area contributed by atoms with Crippen LogP contribution in [0.25, 0.3) is 27.2 Å². The Morgan fingerprint density at radius 2 is 1.88 bits per heavy atom. The van der Waals surface area contributed by atoms with E-state index >= 15 is 4.39 Å². The molecular weight excluding hydrogens is 484 g/mol. The molecule has 2 aromatic heterocycles. The average molecular weight is 506 g/mol. The summed E-state index contributed by atoms with van der Waals surface area (Å²) >= 11 is 6.22. The molecule has 1 aliphatic heterocycles. The second-order valence-electron chi connectivity index (χ2n) is 7.82. The van der Waals surface area contributed by atoms with Crippen LogP contribution in [0.4, 0.5) is 14.6 Å². The fraction of sp³-hybridized carbons (Fsp3) is 0.261. The first kappa shape index (κ1) is 24.2. The zero-order valence-electron chi connectivity index (χ0n) is 18.6. The Bertz CT molecular complexity index is 1420. The van der Waals surface area contributed by atoms with Gasteiger partial charge < -0.3 is 4.90 Å². The monoisotopic (exact) mass is 505 g/mol. The van der Waals surface area contributed by atoms with Crippen LogP contribution < -0.4 is 4.90 Å². The fourth-order valence-electron chi connectivity index (χ4n) is 4.01. The Kier molecular flexibility index (Phi) is 6.66. The highest BCUT2D eigenvalue weighted by Crippen LogP contribution is 2.37. The molecule has 1 fully saturated rings. The Hall–Kier alpha value is -2.95. The summed E-state index contributed by atoms with van der Waals surface area (Å²) in [5.41, 5.74) is 1.45. The molecule has 0 spiro atoms. The first-order chi connectivity index (χ1) is 16.2. The molecule has 34 heavy (non-hydrogen) atoms. The summed E-state index contributed by atoms with van der Waals surface area (Å²) in [6, 6.07) is 5.11. The number of hydrogen-bond acceptors (Lipinski definition) is 6. The summed E-state index contributed by atoms with van der Waals surface area (Å²) in [6.07, 6.45) is 2.73. The lowest BCUT2D eigenvalue weighted by Gasteiger charge is -2.34. The maximum atomic E-state index is 15.7. The summed E-state index contributed by atoms with van der Waals surface area (Å²) < 4.78 is 55.1. The van der Waals surface area contributed by atoms with E-state index in [1.54, 1.807) is 25.1 Å². The van der Waals surface area contributed by atoms with Crippen molar-refractivity contribution in [1.29, 1.82) is 0 Å². The molecule has 0 bridgehead atoms. The molecule has 3 aromatic rings. The Morgan fingerprint density at radius 1 is 1.18 bits per heavy atom. The van der Waals surface area contributed by atoms with E-state index in [9.17, 15) is 12.8 Å². The number of hydrogen-bond donors (Lipinski definition) is 0. The van der Waals surface area contributed by atoms with Crippen molar-refractivity contribution in [3.8, 4) is 11.3 Å². The van der Waals surface area contributed by atoms with Gasteiger partial charge in [0.1, 0.15) is 29.2 Å². The van der Waals surface area contributed by atoms with Crippen molar-refractivity contribution in [3.05, 3.63) is 65.5 Å². The molecule has 0 atom stereocenters. The Morgan fingerprint density at radius 3 is 2.53 bits per heavy atom. The van der Waals surface area contributed by atoms with Crippen molar-refractivity contribution < 1.29 is 17.2 Å². The Labute approximate surface area is 201 Å². The number of piperazine rings is 1. The lowest BCUT2D eigenvalue weighted by Crippen LogP contribution is -2.48. The number of anilines is 1. The third kappa shape index (κ3) is 4.28. The summed E-state index contributed by atoms with van der Waals surface area (Å²) in [5.74, 6) is -0.803. The molecular formula is C23H22ClF2N5O2S. The van der Waals surface area contributed by atoms with Crippen LogP contribution in [0.2, 0.25) is 0 Å². The van der Waals surface area contributed by atoms with Gasteiger partial charge in [-0.3, -0.25) is 4.98 Å². The van der Waals surface area contributed by atoms with Crippen molar-refractivity contribution >= 4 is 43.4 Å². The van der Waals surface area contributed by atoms with Crippen LogP contribution in [-0.4, -0.2) is 53.9 Å². The lowest BCUT2D eigenvalue weighted by molar-refractivity contribution is 0.389. The third-order valence-electron chi connectivity index (χ3n) is 5.76. The highest BCUT2D eigenvalue weighted by Gasteiger charge is 2.27. The minimum atomic E-state index is -3.51. The van der Waals surface area contributed by atoms with E-state index in [1.165, 1.54) is 23.8 Å². The molecule has 0 aliphatic carbocycles. The molecule has 4 rings (SSSR count). The van der Waals surface area contributed by atoms with E-state index in [2.05, 4.69) is 21.5 Å². The normalized spacial score (nSPS) is 16.0. The Balaban J connectivity index is 1.77. The van der Waals surface area contributed by atoms with Crippen molar-refractivity contribution in [3.63, 3.8) is 0 Å². The van der Waals surface area contributed by atoms with E-state index in [0.29, 0.717) is 41.0 Å². The van der Waals surface area contributed by atoms with Crippen molar-refractivity contribution in [2.45, 2.75) is 13.8 Å². The van der Waals surface area contributed by atoms with Gasteiger partial charge >= 0.3 is 0 Å². The number of allylic oxidation sites excluding steroid dienone is 1. The van der Waals surface area contributed by atoms with Crippen molar-refractivity contribution in [2.24, 2.45) is 0 Å². The molecule has 0 N–H and O–H groups in total. The predicted molar refractivity (Wildman–Crippen MR) is 130 cm³/mol. The van der Waals surface area contributed by atoms with Gasteiger partial charge in [0.2, 0.25) is 10.0 Å². The van der Waals surface area contributed by atoms with Gasteiger partial charge in [-0.15, -0.1) is 0 Å². The molecule has 1 aliphatic rings. The van der Waals surface area contributed by atoms with Crippen LogP contribution in [0.15, 0.2) is 48.5 Å². The van der Waals surface area contributed by atoms with Crippen molar-refractivity contribution in [1.82, 2.24) is 19.3 Å². The van der Waals surface area contributed by atoms with Gasteiger partial charge in [-0.2, -0.15) is 4.31 Å². The van der Waals surface area contributed by atoms with Crippen LogP contribution in [0.3, 0.4) is 0 Å². The van der Waals surface area contributed by atoms with E-state index in [-0.39, 0.29) is 29.3 Å². The average Bonchev–Trinajstić information content (AvgIpc) is 2.83. The van der Waals surface area contributed by atoms with Gasteiger partial charge in [0.05, 0.1) is 10.4 Å². The summed E-state index contributed by atoms with van der Waals surface area (Å²) in [7, 11) is -3.51. The van der Waals surface area contributed by atoms with E-state index in [1.807, 2.05) is 4.90 Å². The first-order valence-electron chi connectivity index (χ1n) is 10.4. The number of nitrogens with zero attached hydrogens (tertiary/aromatic N) is 5. The summed E-state index contributed by atoms with van der Waals surface area (Å²) in [6.45, 7) is 7.56. The lowest BCUT2D eigenvalue weighted by atomic mass is 9.97. The van der Waals surface area contributed by atoms with Crippen LogP contribution in [0.5, 0.6) is 0 Å². The number of halogens is 3. The SMILES string of the molecule is C=CS(=O)(=O)N1CCN(c2ncnc3c(F)c(-c4cccc(C)c4/C(Cl)=C(\C)F)ncc23)CC1. The number of aromatic nitrogens is 3. The highest BCUT2D eigenvalue weighted by atomic mass is 35.5. The molecule has 0 radical (unpaired) electrons. The maximum absolute atomic E-state index is 15.7. The number of aryl methyl sites for hydroxylation is 1. The van der Waals surface area contributed by atoms with Gasteiger partial charge in [0.15, 0.2) is 5.82 Å². The number of rotatable bonds is 5. The van der Waals surface area contributed by atoms with E-state index < -0.39 is 21.7 Å². The number of pyridine rings is 1. The largest absolute Gasteiger partial charge is 0.353 e. The zero-order valence-corrected chi connectivity index (χ0v) is 20.2. The minimum absolute atomic E-state index is 0.00264. The molecule has 0 saturated carbocycles. The minimum Gasteiger partial charge on any atom is -0.353 e. The second kappa shape index (κ2) is 9.36. The van der Waals surface area contributed by atoms with Gasteiger partial charge in [-0.05, 0) is 19.4 Å². The number of benzene rings is 1. The van der Waals surface area contributed by atoms with Gasteiger partial charge in [-0.1, -0.05) is 36.4 Å². The molecule has 0 amide bonds. The smallest absolute Gasteiger partial charge is 0.235 e. The molecule has 178 valence electrons. The molecule has 1 aromatic carbocycles. The summed E-state index contributed by atoms with van der Waals surface area (Å²) in [4.78, 5) is 14.6. The molecule has 11 heteroatoms. The number of sulfonamides is 1. The molecule has 1 saturated heterocycles. The standard InChI is InChI=1S/C23H22ClF2N5O2S/c1-4-34(32,33)31-10-8-30(9-11-31)23-17-12-27-21(20(26)22(17)28-13-29-23)16-7-5-6-14(2)18(16)19(24)15(3)25/h4-7,12-13H,1,8-11H2,2-3H3/b19-15-. The van der Waals surface area contributed by atoms with E-state index in [4.69, 9.17) is 11.6 Å². The maximum Gasteiger partial charge on any atom is 0.235 e. The molecule has 7 nitrogen and oxygen atoms in total. The molecule has 0 unspecified atom stereocenters. The number of fused-ring (bicyclic) bond motifs is 1. The highest BCUT2D eigenvalue weighted by molar-refractivity contribution is 7.92. The van der Waals surface area contributed by atoms with Crippen LogP contribution in [-0.2, 0) is 10.0 Å². The quantitative estimate of drug-likeness (QED) is 0.503. The van der Waals surface area contributed by atoms with Crippen LogP contribution in [0.1, 0.15) is 18.1 Å². The van der Waals surface area contributed by atoms with E-state index in [0.717, 1.165) is 5.41 Å². The van der Waals surface area contributed by atoms with Crippen LogP contribution >= 0.6 is 11.6 Å². The van der Waals surface area contributed by atoms with Crippen LogP contribution in [0, 0.1) is 12.7 Å². The second-order valence-corrected chi connectivity index (χ2v) is 10.1. The predicted octanol–water partition coefficient (Wildman–Crippen LogP) is 4.63. The fourth-order valence-corrected chi connectivity index (χ4v) is 5.14. The topological polar surface area (TPSA) is 79.3 Å². The molecule has 3 heterocycles. The van der Waals surface area contributed by atoms with Gasteiger partial charge in [0, 0.05) is 48.9 Å². The van der Waals surface area contributed by atoms with Crippen molar-refractivity contribution in [2.75, 3.05) is 31.1 Å². The van der Waals surface area contributed by atoms with Gasteiger partial charge in [0.25, 0.3) is 0 Å². The third-order valence-corrected chi connectivity index (χ3v) is 7.72. The van der Waals surface area contributed by atoms with Gasteiger partial charge in [-0.25, -0.2) is 27.2 Å².